The molecule has 1 heterocycles. The van der Waals surface area contributed by atoms with Gasteiger partial charge < -0.3 is 14.6 Å². The van der Waals surface area contributed by atoms with E-state index in [9.17, 15) is 9.59 Å². The number of amides is 1. The number of hydrogen-bond donors (Lipinski definition) is 1. The number of rotatable bonds is 6. The number of hydrogen-bond acceptors (Lipinski definition) is 4. The van der Waals surface area contributed by atoms with Crippen molar-refractivity contribution < 1.29 is 9.21 Å². The molecule has 6 heteroatoms. The highest BCUT2D eigenvalue weighted by Gasteiger charge is 2.11. The summed E-state index contributed by atoms with van der Waals surface area (Å²) in [4.78, 5) is 26.0. The highest BCUT2D eigenvalue weighted by atomic mass is 16.4. The van der Waals surface area contributed by atoms with E-state index in [-0.39, 0.29) is 12.5 Å². The monoisotopic (exact) mass is 339 g/mol. The molecule has 1 N–H and O–H groups in total. The molecule has 1 aromatic heterocycles. The fraction of sp³-hybridized carbons (Fsp3) is 0.263. The maximum Gasteiger partial charge on any atom is 0.420 e. The summed E-state index contributed by atoms with van der Waals surface area (Å²) >= 11 is 0. The van der Waals surface area contributed by atoms with Crippen LogP contribution in [-0.4, -0.2) is 31.1 Å². The van der Waals surface area contributed by atoms with E-state index in [2.05, 4.69) is 17.4 Å². The van der Waals surface area contributed by atoms with E-state index in [1.54, 1.807) is 18.2 Å². The summed E-state index contributed by atoms with van der Waals surface area (Å²) in [5, 5.41) is 2.85. The van der Waals surface area contributed by atoms with E-state index in [1.807, 2.05) is 37.2 Å². The molecule has 3 rings (SSSR count). The Morgan fingerprint density at radius 1 is 1.12 bits per heavy atom. The first-order valence-corrected chi connectivity index (χ1v) is 8.16. The first-order valence-electron chi connectivity index (χ1n) is 8.16. The van der Waals surface area contributed by atoms with Crippen LogP contribution in [0, 0.1) is 0 Å². The molecule has 130 valence electrons. The van der Waals surface area contributed by atoms with Crippen LogP contribution in [0.2, 0.25) is 0 Å². The van der Waals surface area contributed by atoms with Crippen LogP contribution in [-0.2, 0) is 17.8 Å². The third kappa shape index (κ3) is 3.91. The van der Waals surface area contributed by atoms with Gasteiger partial charge in [0.05, 0.1) is 5.52 Å². The molecule has 2 aromatic carbocycles. The fourth-order valence-corrected chi connectivity index (χ4v) is 2.67. The molecule has 0 aliphatic carbocycles. The predicted molar refractivity (Wildman–Crippen MR) is 98.0 cm³/mol. The second-order valence-corrected chi connectivity index (χ2v) is 6.08. The van der Waals surface area contributed by atoms with Crippen LogP contribution in [0.5, 0.6) is 0 Å². The van der Waals surface area contributed by atoms with E-state index in [1.165, 1.54) is 4.57 Å². The maximum atomic E-state index is 12.1. The van der Waals surface area contributed by atoms with Crippen molar-refractivity contribution in [2.75, 3.05) is 25.5 Å². The fourth-order valence-electron chi connectivity index (χ4n) is 2.67. The summed E-state index contributed by atoms with van der Waals surface area (Å²) in [7, 11) is 3.99. The molecule has 0 saturated carbocycles. The quantitative estimate of drug-likeness (QED) is 0.746. The van der Waals surface area contributed by atoms with Crippen molar-refractivity contribution >= 4 is 22.7 Å². The Balaban J connectivity index is 1.56. The average molecular weight is 339 g/mol. The molecule has 0 bridgehead atoms. The number of nitrogens with one attached hydrogen (secondary N) is 1. The normalized spacial score (nSPS) is 10.8. The van der Waals surface area contributed by atoms with Gasteiger partial charge in [0, 0.05) is 26.3 Å². The summed E-state index contributed by atoms with van der Waals surface area (Å²) in [6, 6.07) is 15.3. The Morgan fingerprint density at radius 3 is 2.56 bits per heavy atom. The first-order chi connectivity index (χ1) is 12.0. The summed E-state index contributed by atoms with van der Waals surface area (Å²) in [6.07, 6.45) is 0.737. The zero-order chi connectivity index (χ0) is 17.8. The summed E-state index contributed by atoms with van der Waals surface area (Å²) in [6.45, 7) is 0.472. The Hall–Kier alpha value is -3.02. The smallest absolute Gasteiger partial charge is 0.408 e. The van der Waals surface area contributed by atoms with E-state index in [0.29, 0.717) is 17.6 Å². The van der Waals surface area contributed by atoms with Gasteiger partial charge in [0.15, 0.2) is 5.58 Å². The van der Waals surface area contributed by atoms with Crippen LogP contribution < -0.4 is 16.0 Å². The van der Waals surface area contributed by atoms with Gasteiger partial charge in [-0.05, 0) is 36.2 Å². The van der Waals surface area contributed by atoms with Crippen LogP contribution in [0.1, 0.15) is 5.56 Å². The molecule has 3 aromatic rings. The average Bonchev–Trinajstić information content (AvgIpc) is 2.91. The minimum absolute atomic E-state index is 0.0462. The Labute approximate surface area is 145 Å². The van der Waals surface area contributed by atoms with E-state index in [0.717, 1.165) is 17.7 Å². The molecule has 0 spiro atoms. The zero-order valence-electron chi connectivity index (χ0n) is 14.4. The number of carbonyl (C=O) groups excluding carboxylic acids is 1. The van der Waals surface area contributed by atoms with Gasteiger partial charge in [-0.25, -0.2) is 4.79 Å². The van der Waals surface area contributed by atoms with Gasteiger partial charge in [0.25, 0.3) is 0 Å². The number of para-hydroxylation sites is 2. The lowest BCUT2D eigenvalue weighted by atomic mass is 10.1. The highest BCUT2D eigenvalue weighted by molar-refractivity contribution is 5.79. The van der Waals surface area contributed by atoms with Crippen LogP contribution >= 0.6 is 0 Å². The SMILES string of the molecule is CN(C)c1ccc(CCNC(=O)Cn2c(=O)oc3ccccc32)cc1. The number of benzene rings is 2. The molecule has 0 aliphatic heterocycles. The van der Waals surface area contributed by atoms with Crippen molar-refractivity contribution in [3.8, 4) is 0 Å². The van der Waals surface area contributed by atoms with Gasteiger partial charge in [-0.1, -0.05) is 24.3 Å². The molecule has 6 nitrogen and oxygen atoms in total. The Kier molecular flexibility index (Phi) is 4.88. The lowest BCUT2D eigenvalue weighted by Gasteiger charge is -2.12. The molecule has 0 aliphatic rings. The van der Waals surface area contributed by atoms with Crippen molar-refractivity contribution in [2.24, 2.45) is 0 Å². The van der Waals surface area contributed by atoms with Crippen molar-refractivity contribution in [1.82, 2.24) is 9.88 Å². The molecule has 0 saturated heterocycles. The predicted octanol–water partition coefficient (Wildman–Crippen LogP) is 2.02. The lowest BCUT2D eigenvalue weighted by molar-refractivity contribution is -0.121. The summed E-state index contributed by atoms with van der Waals surface area (Å²) < 4.78 is 6.47. The van der Waals surface area contributed by atoms with E-state index in [4.69, 9.17) is 4.42 Å². The zero-order valence-corrected chi connectivity index (χ0v) is 14.4. The van der Waals surface area contributed by atoms with E-state index < -0.39 is 5.76 Å². The van der Waals surface area contributed by atoms with Crippen molar-refractivity contribution in [1.29, 1.82) is 0 Å². The van der Waals surface area contributed by atoms with Gasteiger partial charge in [-0.2, -0.15) is 0 Å². The molecule has 0 atom stereocenters. The molecular weight excluding hydrogens is 318 g/mol. The second-order valence-electron chi connectivity index (χ2n) is 6.08. The highest BCUT2D eigenvalue weighted by Crippen LogP contribution is 2.13. The number of carbonyl (C=O) groups is 1. The largest absolute Gasteiger partial charge is 0.420 e. The second kappa shape index (κ2) is 7.25. The Morgan fingerprint density at radius 2 is 1.84 bits per heavy atom. The Bertz CT molecular complexity index is 923. The maximum absolute atomic E-state index is 12.1. The van der Waals surface area contributed by atoms with Gasteiger partial charge in [0.2, 0.25) is 5.91 Å². The van der Waals surface area contributed by atoms with Crippen LogP contribution in [0.3, 0.4) is 0 Å². The minimum atomic E-state index is -0.518. The minimum Gasteiger partial charge on any atom is -0.408 e. The molecule has 25 heavy (non-hydrogen) atoms. The third-order valence-corrected chi connectivity index (χ3v) is 4.06. The topological polar surface area (TPSA) is 67.5 Å². The number of anilines is 1. The van der Waals surface area contributed by atoms with Crippen molar-refractivity contribution in [2.45, 2.75) is 13.0 Å². The standard InChI is InChI=1S/C19H21N3O3/c1-21(2)15-9-7-14(8-10-15)11-12-20-18(23)13-22-16-5-3-4-6-17(16)25-19(22)24/h3-10H,11-13H2,1-2H3,(H,20,23). The van der Waals surface area contributed by atoms with Gasteiger partial charge in [-0.3, -0.25) is 9.36 Å². The van der Waals surface area contributed by atoms with E-state index >= 15 is 0 Å². The van der Waals surface area contributed by atoms with Crippen LogP contribution in [0.4, 0.5) is 5.69 Å². The number of fused-ring (bicyclic) bond motifs is 1. The van der Waals surface area contributed by atoms with Gasteiger partial charge in [0.1, 0.15) is 6.54 Å². The molecule has 0 unspecified atom stereocenters. The molecule has 0 radical (unpaired) electrons. The van der Waals surface area contributed by atoms with Crippen LogP contribution in [0.25, 0.3) is 11.1 Å². The van der Waals surface area contributed by atoms with Gasteiger partial charge in [-0.15, -0.1) is 0 Å². The summed E-state index contributed by atoms with van der Waals surface area (Å²) in [5.74, 6) is -0.728. The van der Waals surface area contributed by atoms with Crippen molar-refractivity contribution in [3.05, 3.63) is 64.6 Å². The van der Waals surface area contributed by atoms with Crippen LogP contribution in [0.15, 0.2) is 57.7 Å². The molecule has 0 fully saturated rings. The molecule has 1 amide bonds. The number of nitrogens with zero attached hydrogens (tertiary/aromatic N) is 2. The number of aromatic nitrogens is 1. The van der Waals surface area contributed by atoms with Gasteiger partial charge >= 0.3 is 5.76 Å². The third-order valence-electron chi connectivity index (χ3n) is 4.06. The summed E-state index contributed by atoms with van der Waals surface area (Å²) in [5.41, 5.74) is 3.40. The molecular formula is C19H21N3O3. The lowest BCUT2D eigenvalue weighted by Crippen LogP contribution is -2.32. The van der Waals surface area contributed by atoms with Crippen molar-refractivity contribution in [3.63, 3.8) is 0 Å². The first kappa shape index (κ1) is 16.8. The number of oxazole rings is 1.